The summed E-state index contributed by atoms with van der Waals surface area (Å²) in [6, 6.07) is 3.34. The molecule has 7 heteroatoms. The highest BCUT2D eigenvalue weighted by atomic mass is 32.1. The lowest BCUT2D eigenvalue weighted by Gasteiger charge is -2.00. The summed E-state index contributed by atoms with van der Waals surface area (Å²) in [4.78, 5) is 15.5. The Kier molecular flexibility index (Phi) is 4.40. The van der Waals surface area contributed by atoms with Crippen LogP contribution in [-0.2, 0) is 13.0 Å². The Hall–Kier alpha value is -1.31. The molecule has 2 rings (SSSR count). The third-order valence-corrected chi connectivity index (χ3v) is 4.37. The number of aromatic nitrogens is 1. The van der Waals surface area contributed by atoms with E-state index < -0.39 is 0 Å². The van der Waals surface area contributed by atoms with Crippen LogP contribution in [0.1, 0.15) is 15.6 Å². The van der Waals surface area contributed by atoms with Crippen LogP contribution in [-0.4, -0.2) is 16.5 Å². The van der Waals surface area contributed by atoms with Crippen LogP contribution in [0.5, 0.6) is 0 Å². The number of thiophene rings is 1. The minimum absolute atomic E-state index is 0.197. The van der Waals surface area contributed by atoms with E-state index in [9.17, 15) is 10.1 Å². The predicted molar refractivity (Wildman–Crippen MR) is 73.2 cm³/mol. The molecule has 0 saturated carbocycles. The standard InChI is InChI=1S/C11H13N3O2S2/c1-8-7-17-10(13-8)4-5-12-6-9-2-3-11(18-9)14(15)16/h2-3,7,12H,4-6H2,1H3. The highest BCUT2D eigenvalue weighted by molar-refractivity contribution is 7.15. The SMILES string of the molecule is Cc1csc(CCNCc2ccc([N+](=O)[O-])s2)n1. The summed E-state index contributed by atoms with van der Waals surface area (Å²) in [5.74, 6) is 0. The van der Waals surface area contributed by atoms with Crippen molar-refractivity contribution in [1.82, 2.24) is 10.3 Å². The van der Waals surface area contributed by atoms with Gasteiger partial charge in [-0.2, -0.15) is 0 Å². The topological polar surface area (TPSA) is 68.1 Å². The van der Waals surface area contributed by atoms with Crippen LogP contribution in [0.2, 0.25) is 0 Å². The van der Waals surface area contributed by atoms with E-state index in [1.165, 1.54) is 11.3 Å². The zero-order valence-corrected chi connectivity index (χ0v) is 11.5. The molecule has 96 valence electrons. The molecule has 0 aliphatic carbocycles. The summed E-state index contributed by atoms with van der Waals surface area (Å²) >= 11 is 2.88. The fourth-order valence-corrected chi connectivity index (χ4v) is 3.05. The zero-order valence-electron chi connectivity index (χ0n) is 9.88. The molecule has 0 amide bonds. The Labute approximate surface area is 113 Å². The molecule has 0 aromatic carbocycles. The fourth-order valence-electron chi connectivity index (χ4n) is 1.48. The third-order valence-electron chi connectivity index (χ3n) is 2.31. The van der Waals surface area contributed by atoms with E-state index in [0.717, 1.165) is 28.5 Å². The van der Waals surface area contributed by atoms with Gasteiger partial charge in [0.25, 0.3) is 0 Å². The summed E-state index contributed by atoms with van der Waals surface area (Å²) < 4.78 is 0. The van der Waals surface area contributed by atoms with Crippen molar-refractivity contribution in [3.05, 3.63) is 43.2 Å². The molecule has 18 heavy (non-hydrogen) atoms. The van der Waals surface area contributed by atoms with Crippen LogP contribution in [0.15, 0.2) is 17.5 Å². The molecular formula is C11H13N3O2S2. The van der Waals surface area contributed by atoms with E-state index >= 15 is 0 Å². The molecule has 0 spiro atoms. The van der Waals surface area contributed by atoms with Crippen LogP contribution in [0, 0.1) is 17.0 Å². The molecule has 0 aliphatic rings. The Morgan fingerprint density at radius 3 is 2.94 bits per heavy atom. The molecule has 0 saturated heterocycles. The van der Waals surface area contributed by atoms with E-state index in [0.29, 0.717) is 6.54 Å². The number of nitrogens with one attached hydrogen (secondary N) is 1. The maximum Gasteiger partial charge on any atom is 0.324 e. The first-order valence-corrected chi connectivity index (χ1v) is 7.19. The van der Waals surface area contributed by atoms with E-state index in [2.05, 4.69) is 10.3 Å². The van der Waals surface area contributed by atoms with Gasteiger partial charge in [-0.25, -0.2) is 4.98 Å². The quantitative estimate of drug-likeness (QED) is 0.503. The first-order valence-electron chi connectivity index (χ1n) is 5.50. The average Bonchev–Trinajstić information content (AvgIpc) is 2.93. The van der Waals surface area contributed by atoms with Crippen molar-refractivity contribution < 1.29 is 4.92 Å². The van der Waals surface area contributed by atoms with Crippen LogP contribution < -0.4 is 5.32 Å². The van der Waals surface area contributed by atoms with Gasteiger partial charge in [-0.1, -0.05) is 11.3 Å². The third kappa shape index (κ3) is 3.59. The molecule has 0 atom stereocenters. The molecule has 1 N–H and O–H groups in total. The molecule has 0 bridgehead atoms. The molecule has 0 aliphatic heterocycles. The predicted octanol–water partition coefficient (Wildman–Crippen LogP) is 2.75. The summed E-state index contributed by atoms with van der Waals surface area (Å²) in [5, 5.41) is 17.1. The minimum Gasteiger partial charge on any atom is -0.311 e. The summed E-state index contributed by atoms with van der Waals surface area (Å²) in [7, 11) is 0. The maximum atomic E-state index is 10.5. The molecule has 2 aromatic heterocycles. The smallest absolute Gasteiger partial charge is 0.311 e. The van der Waals surface area contributed by atoms with Crippen LogP contribution in [0.3, 0.4) is 0 Å². The van der Waals surface area contributed by atoms with Gasteiger partial charge in [0.05, 0.1) is 9.93 Å². The van der Waals surface area contributed by atoms with Crippen molar-refractivity contribution in [2.45, 2.75) is 19.9 Å². The number of nitrogens with zero attached hydrogens (tertiary/aromatic N) is 2. The normalized spacial score (nSPS) is 10.7. The summed E-state index contributed by atoms with van der Waals surface area (Å²) in [6.45, 7) is 3.49. The number of nitro groups is 1. The van der Waals surface area contributed by atoms with Gasteiger partial charge in [0, 0.05) is 41.5 Å². The number of aryl methyl sites for hydroxylation is 1. The van der Waals surface area contributed by atoms with E-state index in [1.807, 2.05) is 12.3 Å². The largest absolute Gasteiger partial charge is 0.324 e. The molecule has 2 heterocycles. The van der Waals surface area contributed by atoms with Gasteiger partial charge in [-0.15, -0.1) is 11.3 Å². The van der Waals surface area contributed by atoms with Crippen LogP contribution in [0.4, 0.5) is 5.00 Å². The zero-order chi connectivity index (χ0) is 13.0. The molecular weight excluding hydrogens is 270 g/mol. The van der Waals surface area contributed by atoms with Crippen LogP contribution in [0.25, 0.3) is 0 Å². The molecule has 0 fully saturated rings. The lowest BCUT2D eigenvalue weighted by Crippen LogP contribution is -2.15. The van der Waals surface area contributed by atoms with Gasteiger partial charge in [0.15, 0.2) is 0 Å². The number of hydrogen-bond donors (Lipinski definition) is 1. The Balaban J connectivity index is 1.73. The van der Waals surface area contributed by atoms with Crippen LogP contribution >= 0.6 is 22.7 Å². The van der Waals surface area contributed by atoms with Crippen molar-refractivity contribution in [2.24, 2.45) is 0 Å². The van der Waals surface area contributed by atoms with Crippen molar-refractivity contribution in [3.8, 4) is 0 Å². The van der Waals surface area contributed by atoms with Crippen molar-refractivity contribution in [2.75, 3.05) is 6.54 Å². The highest BCUT2D eigenvalue weighted by Crippen LogP contribution is 2.23. The number of hydrogen-bond acceptors (Lipinski definition) is 6. The lowest BCUT2D eigenvalue weighted by molar-refractivity contribution is -0.380. The molecule has 0 unspecified atom stereocenters. The maximum absolute atomic E-state index is 10.5. The second-order valence-electron chi connectivity index (χ2n) is 3.81. The Morgan fingerprint density at radius 1 is 1.50 bits per heavy atom. The number of rotatable bonds is 6. The lowest BCUT2D eigenvalue weighted by atomic mass is 10.4. The summed E-state index contributed by atoms with van der Waals surface area (Å²) in [6.07, 6.45) is 0.895. The monoisotopic (exact) mass is 283 g/mol. The molecule has 5 nitrogen and oxygen atoms in total. The second-order valence-corrected chi connectivity index (χ2v) is 5.90. The van der Waals surface area contributed by atoms with Gasteiger partial charge >= 0.3 is 5.00 Å². The minimum atomic E-state index is -0.355. The molecule has 2 aromatic rings. The average molecular weight is 283 g/mol. The van der Waals surface area contributed by atoms with Crippen molar-refractivity contribution in [1.29, 1.82) is 0 Å². The fraction of sp³-hybridized carbons (Fsp3) is 0.364. The van der Waals surface area contributed by atoms with E-state index in [4.69, 9.17) is 0 Å². The second kappa shape index (κ2) is 6.03. The van der Waals surface area contributed by atoms with E-state index in [-0.39, 0.29) is 9.92 Å². The van der Waals surface area contributed by atoms with Crippen molar-refractivity contribution >= 4 is 27.7 Å². The van der Waals surface area contributed by atoms with Gasteiger partial charge in [0.2, 0.25) is 0 Å². The van der Waals surface area contributed by atoms with Gasteiger partial charge < -0.3 is 5.32 Å². The Morgan fingerprint density at radius 2 is 2.33 bits per heavy atom. The first-order chi connectivity index (χ1) is 8.65. The molecule has 0 radical (unpaired) electrons. The van der Waals surface area contributed by atoms with Gasteiger partial charge in [0.1, 0.15) is 0 Å². The van der Waals surface area contributed by atoms with Crippen molar-refractivity contribution in [3.63, 3.8) is 0 Å². The van der Waals surface area contributed by atoms with Gasteiger partial charge in [-0.05, 0) is 13.0 Å². The van der Waals surface area contributed by atoms with E-state index in [1.54, 1.807) is 23.5 Å². The first kappa shape index (κ1) is 13.1. The summed E-state index contributed by atoms with van der Waals surface area (Å²) in [5.41, 5.74) is 1.06. The Bertz CT molecular complexity index is 536. The number of thiazole rings is 1. The van der Waals surface area contributed by atoms with Gasteiger partial charge in [-0.3, -0.25) is 10.1 Å². The highest BCUT2D eigenvalue weighted by Gasteiger charge is 2.08.